The fourth-order valence-electron chi connectivity index (χ4n) is 3.87. The van der Waals surface area contributed by atoms with Gasteiger partial charge < -0.3 is 57.4 Å². The first-order valence-corrected chi connectivity index (χ1v) is 12.9. The monoisotopic (exact) mass is 798 g/mol. The summed E-state index contributed by atoms with van der Waals surface area (Å²) in [6.07, 6.45) is 2.59. The van der Waals surface area contributed by atoms with Gasteiger partial charge in [-0.1, -0.05) is 0 Å². The van der Waals surface area contributed by atoms with E-state index in [9.17, 15) is 40.0 Å². The molecule has 2 aromatic heterocycles. The normalized spacial score (nSPS) is 12.1. The summed E-state index contributed by atoms with van der Waals surface area (Å²) in [6, 6.07) is 16.9. The molecule has 14 N–H and O–H groups in total. The molecule has 0 radical (unpaired) electrons. The van der Waals surface area contributed by atoms with Crippen LogP contribution in [0.4, 0.5) is 21.0 Å². The van der Waals surface area contributed by atoms with Crippen molar-refractivity contribution in [1.82, 2.24) is 10.0 Å². The number of amides is 4. The first-order chi connectivity index (χ1) is 22.0. The maximum Gasteiger partial charge on any atom is 1.00 e. The number of rotatable bonds is 8. The molecule has 2 aliphatic heterocycles. The zero-order valence-corrected chi connectivity index (χ0v) is 32.7. The van der Waals surface area contributed by atoms with Gasteiger partial charge >= 0.3 is 71.2 Å². The maximum absolute atomic E-state index is 11.3. The Morgan fingerprint density at radius 2 is 0.873 bits per heavy atom. The van der Waals surface area contributed by atoms with Gasteiger partial charge in [0.1, 0.15) is 23.0 Å². The Bertz CT molecular complexity index is 1810. The number of carbonyl (C=O) groups is 2. The molecule has 6 rings (SSSR count). The van der Waals surface area contributed by atoms with Crippen LogP contribution >= 0.6 is 0 Å². The van der Waals surface area contributed by atoms with E-state index in [0.29, 0.717) is 34.2 Å². The second-order valence-electron chi connectivity index (χ2n) is 9.19. The van der Waals surface area contributed by atoms with Crippen LogP contribution in [0.3, 0.4) is 0 Å². The molecule has 0 bridgehead atoms. The summed E-state index contributed by atoms with van der Waals surface area (Å²) in [5.74, 6) is 0.636. The molecule has 4 aromatic rings. The molecule has 4 amide bonds. The largest absolute Gasteiger partial charge is 1.00 e. The molecule has 2 aromatic carbocycles. The molecule has 0 fully saturated rings. The Kier molecular flexibility index (Phi) is 28.4. The van der Waals surface area contributed by atoms with Gasteiger partial charge in [0.2, 0.25) is 0 Å². The molecule has 0 unspecified atom stereocenters. The number of urea groups is 2. The molecule has 288 valence electrons. The van der Waals surface area contributed by atoms with Crippen molar-refractivity contribution in [3.8, 4) is 22.6 Å². The van der Waals surface area contributed by atoms with E-state index >= 15 is 0 Å². The van der Waals surface area contributed by atoms with Crippen molar-refractivity contribution in [2.45, 2.75) is 0 Å². The van der Waals surface area contributed by atoms with Crippen LogP contribution in [-0.2, 0) is 0 Å². The number of nitro benzene ring substituents is 2. The minimum absolute atomic E-state index is 0. The van der Waals surface area contributed by atoms with Crippen LogP contribution in [0.1, 0.15) is 11.5 Å². The van der Waals surface area contributed by atoms with E-state index in [1.165, 1.54) is 36.7 Å². The van der Waals surface area contributed by atoms with Gasteiger partial charge in [-0.2, -0.15) is 10.2 Å². The van der Waals surface area contributed by atoms with Crippen LogP contribution in [-0.4, -0.2) is 108 Å². The standard InChI is InChI=1S/2C14H10N4O5.2Na.7H2O/c2*19-13-8-17(14(20)16-13)15-7-11-5-6-12(23-11)9-1-3-10(4-2-9)18(21)22;;;;;;;;;/h2*1-7H,8H2,(H,16,19,20);;;7*1H2/q;;2*+1;;;;;;;/p-2/b2*15-7+;;;;;;;;;. The van der Waals surface area contributed by atoms with Gasteiger partial charge in [-0.05, 0) is 60.3 Å². The number of benzene rings is 2. The Balaban J connectivity index is -0.000000260. The predicted octanol–water partition coefficient (Wildman–Crippen LogP) is -9.00. The van der Waals surface area contributed by atoms with Crippen molar-refractivity contribution < 1.29 is 136 Å². The van der Waals surface area contributed by atoms with Crippen LogP contribution in [0.5, 0.6) is 0 Å². The summed E-state index contributed by atoms with van der Waals surface area (Å²) in [5, 5.41) is 52.7. The molecule has 0 spiro atoms. The fourth-order valence-corrected chi connectivity index (χ4v) is 3.87. The van der Waals surface area contributed by atoms with Crippen molar-refractivity contribution in [2.24, 2.45) is 20.2 Å². The third-order valence-corrected chi connectivity index (χ3v) is 6.08. The summed E-state index contributed by atoms with van der Waals surface area (Å²) in [7, 11) is 0. The second-order valence-corrected chi connectivity index (χ2v) is 9.19. The molecule has 25 nitrogen and oxygen atoms in total. The minimum atomic E-state index is -0.714. The molecule has 4 heterocycles. The van der Waals surface area contributed by atoms with Gasteiger partial charge in [-0.15, -0.1) is 0 Å². The van der Waals surface area contributed by atoms with Crippen LogP contribution < -0.4 is 69.3 Å². The number of nitro groups is 2. The Morgan fingerprint density at radius 1 is 0.564 bits per heavy atom. The number of hydrogen-bond donors (Lipinski definition) is 0. The van der Waals surface area contributed by atoms with E-state index in [2.05, 4.69) is 20.2 Å². The minimum Gasteiger partial charge on any atom is -0.860 e. The topological polar surface area (TPSA) is 469 Å². The molecule has 2 aliphatic rings. The van der Waals surface area contributed by atoms with E-state index in [1.54, 1.807) is 48.5 Å². The second kappa shape index (κ2) is 26.5. The zero-order chi connectivity index (χ0) is 32.8. The molecular weight excluding hydrogens is 766 g/mol. The number of hydrogen-bond acceptors (Lipinski definition) is 12. The summed E-state index contributed by atoms with van der Waals surface area (Å²) >= 11 is 0. The van der Waals surface area contributed by atoms with Crippen molar-refractivity contribution in [3.63, 3.8) is 0 Å². The van der Waals surface area contributed by atoms with Crippen molar-refractivity contribution >= 4 is 47.7 Å². The van der Waals surface area contributed by atoms with Crippen LogP contribution in [0.2, 0.25) is 0 Å². The van der Waals surface area contributed by atoms with Crippen molar-refractivity contribution in [2.75, 3.05) is 13.1 Å². The van der Waals surface area contributed by atoms with Crippen LogP contribution in [0, 0.1) is 20.2 Å². The van der Waals surface area contributed by atoms with Gasteiger partial charge in [-0.25, -0.2) is 29.6 Å². The fraction of sp³-hybridized carbons (Fsp3) is 0.0714. The SMILES string of the molecule is O.O.O.O.O.O.O.O=C1N=C([O-])CN1/N=C/c1ccc(-c2ccc([N+](=O)[O-])cc2)o1.O=C1N=C([O-])CN1/N=C/c1ccc(-c2ccc([N+](=O)[O-])cc2)o1.[Na+].[Na+]. The summed E-state index contributed by atoms with van der Waals surface area (Å²) in [6.45, 7) is -0.378. The molecule has 0 atom stereocenters. The number of aliphatic imine (C=N–C) groups is 2. The number of carbonyl (C=O) groups excluding carboxylic acids is 2. The first kappa shape index (κ1) is 59.0. The summed E-state index contributed by atoms with van der Waals surface area (Å²) < 4.78 is 11.0. The molecule has 0 saturated heterocycles. The third-order valence-electron chi connectivity index (χ3n) is 6.08. The van der Waals surface area contributed by atoms with Crippen LogP contribution in [0.25, 0.3) is 22.6 Å². The van der Waals surface area contributed by atoms with E-state index in [1.807, 2.05) is 0 Å². The Morgan fingerprint density at radius 3 is 1.13 bits per heavy atom. The quantitative estimate of drug-likeness (QED) is 0.0701. The smallest absolute Gasteiger partial charge is 0.860 e. The summed E-state index contributed by atoms with van der Waals surface area (Å²) in [4.78, 5) is 49.2. The van der Waals surface area contributed by atoms with Crippen LogP contribution in [0.15, 0.2) is 102 Å². The van der Waals surface area contributed by atoms with Gasteiger partial charge in [0, 0.05) is 35.4 Å². The maximum atomic E-state index is 11.3. The number of furan rings is 2. The average molecular weight is 799 g/mol. The van der Waals surface area contributed by atoms with Gasteiger partial charge in [-0.3, -0.25) is 20.2 Å². The third kappa shape index (κ3) is 15.6. The van der Waals surface area contributed by atoms with Gasteiger partial charge in [0.15, 0.2) is 0 Å². The van der Waals surface area contributed by atoms with Gasteiger partial charge in [0.25, 0.3) is 11.4 Å². The molecule has 27 heteroatoms. The Labute approximate surface area is 352 Å². The predicted molar refractivity (Wildman–Crippen MR) is 181 cm³/mol. The molecular formula is C28H32N8Na2O17. The summed E-state index contributed by atoms with van der Waals surface area (Å²) in [5.41, 5.74) is 1.31. The number of non-ortho nitro benzene ring substituents is 2. The first-order valence-electron chi connectivity index (χ1n) is 12.9. The zero-order valence-electron chi connectivity index (χ0n) is 28.7. The van der Waals surface area contributed by atoms with Crippen molar-refractivity contribution in [3.05, 3.63) is 105 Å². The van der Waals surface area contributed by atoms with Crippen molar-refractivity contribution in [1.29, 1.82) is 0 Å². The Hall–Kier alpha value is -5.26. The van der Waals surface area contributed by atoms with E-state index in [-0.39, 0.29) is 122 Å². The van der Waals surface area contributed by atoms with E-state index < -0.39 is 33.7 Å². The van der Waals surface area contributed by atoms with E-state index in [0.717, 1.165) is 10.0 Å². The van der Waals surface area contributed by atoms with E-state index in [4.69, 9.17) is 8.83 Å². The average Bonchev–Trinajstić information content (AvgIpc) is 3.83. The molecule has 55 heavy (non-hydrogen) atoms. The van der Waals surface area contributed by atoms with Gasteiger partial charge in [0.05, 0.1) is 35.4 Å². The number of hydrazone groups is 2. The molecule has 0 saturated carbocycles. The molecule has 0 aliphatic carbocycles. The number of nitrogens with zero attached hydrogens (tertiary/aromatic N) is 8.